The van der Waals surface area contributed by atoms with E-state index in [9.17, 15) is 9.59 Å². The second-order valence-electron chi connectivity index (χ2n) is 12.8. The van der Waals surface area contributed by atoms with E-state index in [2.05, 4.69) is 58.2 Å². The van der Waals surface area contributed by atoms with Crippen LogP contribution in [0.2, 0.25) is 0 Å². The molecule has 2 heterocycles. The summed E-state index contributed by atoms with van der Waals surface area (Å²) in [6, 6.07) is 15.5. The summed E-state index contributed by atoms with van der Waals surface area (Å²) in [6.45, 7) is 11.8. The van der Waals surface area contributed by atoms with Crippen LogP contribution in [0.1, 0.15) is 93.7 Å². The van der Waals surface area contributed by atoms with Crippen molar-refractivity contribution >= 4 is 28.8 Å². The third-order valence-electron chi connectivity index (χ3n) is 9.10. The average Bonchev–Trinajstić information content (AvgIpc) is 3.34. The lowest BCUT2D eigenvalue weighted by atomic mass is 9.85. The fourth-order valence-electron chi connectivity index (χ4n) is 6.60. The second-order valence-corrected chi connectivity index (χ2v) is 12.8. The van der Waals surface area contributed by atoms with E-state index in [0.717, 1.165) is 68.2 Å². The fraction of sp³-hybridized carbons (Fsp3) is 0.529. The number of nitrogens with zero attached hydrogens (tertiary/aromatic N) is 4. The van der Waals surface area contributed by atoms with Crippen molar-refractivity contribution in [3.05, 3.63) is 59.2 Å². The molecule has 8 heteroatoms. The number of aromatic nitrogens is 2. The minimum Gasteiger partial charge on any atom is -0.354 e. The van der Waals surface area contributed by atoms with Gasteiger partial charge in [-0.15, -0.1) is 0 Å². The highest BCUT2D eigenvalue weighted by Crippen LogP contribution is 2.37. The summed E-state index contributed by atoms with van der Waals surface area (Å²) in [6.07, 6.45) is 5.78. The Morgan fingerprint density at radius 2 is 1.67 bits per heavy atom. The van der Waals surface area contributed by atoms with Crippen molar-refractivity contribution in [1.29, 1.82) is 5.26 Å². The molecule has 222 valence electrons. The Kier molecular flexibility index (Phi) is 9.27. The summed E-state index contributed by atoms with van der Waals surface area (Å²) >= 11 is 0. The number of piperidine rings is 1. The van der Waals surface area contributed by atoms with Crippen molar-refractivity contribution < 1.29 is 9.59 Å². The second kappa shape index (κ2) is 13.1. The van der Waals surface area contributed by atoms with Crippen LogP contribution in [0.4, 0.5) is 5.95 Å². The summed E-state index contributed by atoms with van der Waals surface area (Å²) in [7, 11) is 0. The molecule has 2 amide bonds. The van der Waals surface area contributed by atoms with Gasteiger partial charge in [-0.05, 0) is 119 Å². The molecule has 3 aromatic rings. The van der Waals surface area contributed by atoms with Crippen molar-refractivity contribution in [3.8, 4) is 6.07 Å². The predicted molar refractivity (Wildman–Crippen MR) is 166 cm³/mol. The number of fused-ring (bicyclic) bond motifs is 1. The van der Waals surface area contributed by atoms with Gasteiger partial charge in [0, 0.05) is 30.1 Å². The zero-order valence-electron chi connectivity index (χ0n) is 25.4. The van der Waals surface area contributed by atoms with Crippen molar-refractivity contribution in [2.24, 2.45) is 17.8 Å². The average molecular weight is 569 g/mol. The standard InChI is InChI=1S/C34H44N6O2/c1-22(2)26-15-17-39(18-16-26)21-25-7-14-30-31(19-25)40(29-12-10-28(11-13-29)32(41)36-23(3)4)34(37-30)38-33(42)27-8-5-24(20-35)6-9-27/h5-9,14,19,22-23,26,28-29H,10-13,15-18,21H2,1-4H3,(H,36,41)(H,37,38,42). The monoisotopic (exact) mass is 568 g/mol. The lowest BCUT2D eigenvalue weighted by Crippen LogP contribution is -2.37. The van der Waals surface area contributed by atoms with Crippen LogP contribution >= 0.6 is 0 Å². The fourth-order valence-corrected chi connectivity index (χ4v) is 6.60. The number of benzene rings is 2. The van der Waals surface area contributed by atoms with Crippen LogP contribution in [0.3, 0.4) is 0 Å². The van der Waals surface area contributed by atoms with Crippen LogP contribution in [0, 0.1) is 29.1 Å². The first-order valence-electron chi connectivity index (χ1n) is 15.6. The predicted octanol–water partition coefficient (Wildman–Crippen LogP) is 6.28. The van der Waals surface area contributed by atoms with Crippen LogP contribution in [-0.4, -0.2) is 45.4 Å². The molecule has 0 bridgehead atoms. The van der Waals surface area contributed by atoms with Gasteiger partial charge in [-0.3, -0.25) is 19.8 Å². The number of hydrogen-bond acceptors (Lipinski definition) is 5. The van der Waals surface area contributed by atoms with Gasteiger partial charge in [-0.2, -0.15) is 5.26 Å². The number of rotatable bonds is 8. The first-order chi connectivity index (χ1) is 20.2. The summed E-state index contributed by atoms with van der Waals surface area (Å²) < 4.78 is 2.20. The van der Waals surface area contributed by atoms with Crippen LogP contribution in [0.5, 0.6) is 0 Å². The molecule has 1 saturated heterocycles. The van der Waals surface area contributed by atoms with Gasteiger partial charge in [0.25, 0.3) is 5.91 Å². The van der Waals surface area contributed by atoms with Gasteiger partial charge in [0.1, 0.15) is 0 Å². The van der Waals surface area contributed by atoms with Crippen LogP contribution < -0.4 is 10.6 Å². The van der Waals surface area contributed by atoms with Crippen LogP contribution in [0.25, 0.3) is 11.0 Å². The molecule has 1 saturated carbocycles. The van der Waals surface area contributed by atoms with Crippen molar-refractivity contribution in [2.45, 2.75) is 84.8 Å². The Balaban J connectivity index is 1.40. The lowest BCUT2D eigenvalue weighted by molar-refractivity contribution is -0.126. The molecule has 5 rings (SSSR count). The Morgan fingerprint density at radius 1 is 0.976 bits per heavy atom. The number of nitrogens with one attached hydrogen (secondary N) is 2. The first kappa shape index (κ1) is 29.8. The van der Waals surface area contributed by atoms with Gasteiger partial charge in [-0.25, -0.2) is 4.98 Å². The Morgan fingerprint density at radius 3 is 2.29 bits per heavy atom. The molecule has 2 fully saturated rings. The number of carbonyl (C=O) groups is 2. The van der Waals surface area contributed by atoms with Gasteiger partial charge in [-0.1, -0.05) is 19.9 Å². The molecular formula is C34H44N6O2. The topological polar surface area (TPSA) is 103 Å². The van der Waals surface area contributed by atoms with Gasteiger partial charge >= 0.3 is 0 Å². The minimum atomic E-state index is -0.255. The number of anilines is 1. The van der Waals surface area contributed by atoms with E-state index in [0.29, 0.717) is 17.1 Å². The Labute approximate surface area is 249 Å². The Bertz CT molecular complexity index is 1440. The number of likely N-dealkylation sites (tertiary alicyclic amines) is 1. The molecular weight excluding hydrogens is 524 g/mol. The third-order valence-corrected chi connectivity index (χ3v) is 9.10. The van der Waals surface area contributed by atoms with E-state index in [1.165, 1.54) is 18.4 Å². The highest BCUT2D eigenvalue weighted by molar-refractivity contribution is 6.04. The zero-order chi connectivity index (χ0) is 29.8. The molecule has 1 aromatic heterocycles. The maximum absolute atomic E-state index is 13.3. The third kappa shape index (κ3) is 6.84. The van der Waals surface area contributed by atoms with Gasteiger partial charge in [0.05, 0.1) is 22.7 Å². The normalized spacial score (nSPS) is 20.1. The van der Waals surface area contributed by atoms with Crippen molar-refractivity contribution in [1.82, 2.24) is 19.8 Å². The summed E-state index contributed by atoms with van der Waals surface area (Å²) in [5, 5.41) is 15.3. The molecule has 8 nitrogen and oxygen atoms in total. The smallest absolute Gasteiger partial charge is 0.257 e. The van der Waals surface area contributed by atoms with E-state index in [1.807, 2.05) is 13.8 Å². The number of nitriles is 1. The molecule has 42 heavy (non-hydrogen) atoms. The highest BCUT2D eigenvalue weighted by Gasteiger charge is 2.30. The largest absolute Gasteiger partial charge is 0.354 e. The highest BCUT2D eigenvalue weighted by atomic mass is 16.2. The van der Waals surface area contributed by atoms with Crippen LogP contribution in [0.15, 0.2) is 42.5 Å². The lowest BCUT2D eigenvalue weighted by Gasteiger charge is -2.34. The SMILES string of the molecule is CC(C)NC(=O)C1CCC(n2c(NC(=O)c3ccc(C#N)cc3)nc3ccc(CN4CCC(C(C)C)CC4)cc32)CC1. The molecule has 0 spiro atoms. The molecule has 1 aliphatic carbocycles. The molecule has 2 aliphatic rings. The molecule has 2 N–H and O–H groups in total. The Hall–Kier alpha value is -3.70. The van der Waals surface area contributed by atoms with E-state index in [-0.39, 0.29) is 29.8 Å². The minimum absolute atomic E-state index is 0.0134. The quantitative estimate of drug-likeness (QED) is 0.333. The maximum atomic E-state index is 13.3. The number of hydrogen-bond donors (Lipinski definition) is 2. The first-order valence-corrected chi connectivity index (χ1v) is 15.6. The summed E-state index contributed by atoms with van der Waals surface area (Å²) in [5.41, 5.74) is 4.12. The zero-order valence-corrected chi connectivity index (χ0v) is 25.4. The van der Waals surface area contributed by atoms with Crippen LogP contribution in [-0.2, 0) is 11.3 Å². The molecule has 2 aromatic carbocycles. The molecule has 0 atom stereocenters. The van der Waals surface area contributed by atoms with E-state index < -0.39 is 0 Å². The summed E-state index contributed by atoms with van der Waals surface area (Å²) in [5.74, 6) is 1.97. The van der Waals surface area contributed by atoms with Gasteiger partial charge in [0.15, 0.2) is 0 Å². The number of amides is 2. The van der Waals surface area contributed by atoms with E-state index >= 15 is 0 Å². The molecule has 0 unspecified atom stereocenters. The van der Waals surface area contributed by atoms with Crippen molar-refractivity contribution in [2.75, 3.05) is 18.4 Å². The van der Waals surface area contributed by atoms with Crippen molar-refractivity contribution in [3.63, 3.8) is 0 Å². The number of imidazole rings is 1. The van der Waals surface area contributed by atoms with Gasteiger partial charge < -0.3 is 9.88 Å². The van der Waals surface area contributed by atoms with Gasteiger partial charge in [0.2, 0.25) is 11.9 Å². The maximum Gasteiger partial charge on any atom is 0.257 e. The molecule has 1 aliphatic heterocycles. The molecule has 0 radical (unpaired) electrons. The summed E-state index contributed by atoms with van der Waals surface area (Å²) in [4.78, 5) is 33.4. The van der Waals surface area contributed by atoms with E-state index in [1.54, 1.807) is 24.3 Å². The number of carbonyl (C=O) groups excluding carboxylic acids is 2. The van der Waals surface area contributed by atoms with E-state index in [4.69, 9.17) is 10.2 Å².